The van der Waals surface area contributed by atoms with Gasteiger partial charge in [-0.05, 0) is 42.0 Å². The topological polar surface area (TPSA) is 49.4 Å². The quantitative estimate of drug-likeness (QED) is 0.924. The smallest absolute Gasteiger partial charge is 0.242 e. The summed E-state index contributed by atoms with van der Waals surface area (Å²) in [4.78, 5) is 26.7. The van der Waals surface area contributed by atoms with Crippen molar-refractivity contribution in [3.8, 4) is 0 Å². The Labute approximate surface area is 141 Å². The average Bonchev–Trinajstić information content (AvgIpc) is 3.41. The molecule has 0 spiro atoms. The van der Waals surface area contributed by atoms with Crippen molar-refractivity contribution >= 4 is 22.6 Å². The number of amides is 2. The summed E-state index contributed by atoms with van der Waals surface area (Å²) in [7, 11) is 0. The molecule has 1 saturated carbocycles. The van der Waals surface area contributed by atoms with E-state index in [-0.39, 0.29) is 29.7 Å². The summed E-state index contributed by atoms with van der Waals surface area (Å²) in [6.45, 7) is 3.15. The van der Waals surface area contributed by atoms with E-state index in [1.807, 2.05) is 19.1 Å². The Hall–Kier alpha value is -2.36. The van der Waals surface area contributed by atoms with Crippen LogP contribution in [0.1, 0.15) is 31.2 Å². The first-order valence-corrected chi connectivity index (χ1v) is 8.72. The summed E-state index contributed by atoms with van der Waals surface area (Å²) < 4.78 is 0. The van der Waals surface area contributed by atoms with Crippen molar-refractivity contribution in [2.75, 3.05) is 13.1 Å². The van der Waals surface area contributed by atoms with Crippen molar-refractivity contribution in [3.05, 3.63) is 48.0 Å². The number of hydrogen-bond acceptors (Lipinski definition) is 2. The lowest BCUT2D eigenvalue weighted by Gasteiger charge is -2.25. The van der Waals surface area contributed by atoms with Gasteiger partial charge in [-0.3, -0.25) is 9.59 Å². The maximum Gasteiger partial charge on any atom is 0.242 e. The summed E-state index contributed by atoms with van der Waals surface area (Å²) in [6.07, 6.45) is 1.71. The molecule has 4 nitrogen and oxygen atoms in total. The summed E-state index contributed by atoms with van der Waals surface area (Å²) in [5, 5.41) is 5.33. The molecule has 24 heavy (non-hydrogen) atoms. The molecule has 0 bridgehead atoms. The first-order valence-electron chi connectivity index (χ1n) is 8.72. The van der Waals surface area contributed by atoms with Crippen LogP contribution < -0.4 is 5.32 Å². The van der Waals surface area contributed by atoms with Crippen molar-refractivity contribution in [2.45, 2.75) is 31.7 Å². The van der Waals surface area contributed by atoms with Crippen LogP contribution >= 0.6 is 0 Å². The third kappa shape index (κ3) is 2.56. The average molecular weight is 322 g/mol. The Bertz CT molecular complexity index is 796. The zero-order chi connectivity index (χ0) is 16.7. The molecule has 2 aromatic rings. The van der Waals surface area contributed by atoms with Crippen LogP contribution in [-0.2, 0) is 9.59 Å². The van der Waals surface area contributed by atoms with Gasteiger partial charge in [-0.15, -0.1) is 0 Å². The van der Waals surface area contributed by atoms with Gasteiger partial charge in [0.05, 0.1) is 0 Å². The number of hydrogen-bond donors (Lipinski definition) is 1. The number of benzene rings is 2. The summed E-state index contributed by atoms with van der Waals surface area (Å²) >= 11 is 0. The number of nitrogens with zero attached hydrogens (tertiary/aromatic N) is 1. The monoisotopic (exact) mass is 322 g/mol. The van der Waals surface area contributed by atoms with Gasteiger partial charge in [0.15, 0.2) is 0 Å². The molecule has 2 fully saturated rings. The van der Waals surface area contributed by atoms with Crippen molar-refractivity contribution < 1.29 is 9.59 Å². The normalized spacial score (nSPS) is 26.8. The lowest BCUT2D eigenvalue weighted by atomic mass is 10.00. The van der Waals surface area contributed by atoms with Crippen molar-refractivity contribution in [3.63, 3.8) is 0 Å². The van der Waals surface area contributed by atoms with Gasteiger partial charge >= 0.3 is 0 Å². The highest BCUT2D eigenvalue weighted by Crippen LogP contribution is 2.50. The number of nitrogens with one attached hydrogen (secondary N) is 1. The van der Waals surface area contributed by atoms with Gasteiger partial charge in [-0.1, -0.05) is 42.5 Å². The predicted octanol–water partition coefficient (Wildman–Crippen LogP) is 2.68. The third-order valence-corrected chi connectivity index (χ3v) is 5.34. The van der Waals surface area contributed by atoms with E-state index in [4.69, 9.17) is 0 Å². The van der Waals surface area contributed by atoms with Gasteiger partial charge in [0.2, 0.25) is 11.8 Å². The highest BCUT2D eigenvalue weighted by Gasteiger charge is 2.47. The summed E-state index contributed by atoms with van der Waals surface area (Å²) in [6, 6.07) is 14.3. The lowest BCUT2D eigenvalue weighted by Crippen LogP contribution is -2.46. The molecular weight excluding hydrogens is 300 g/mol. The highest BCUT2D eigenvalue weighted by molar-refractivity contribution is 5.92. The largest absolute Gasteiger partial charge is 0.354 e. The molecule has 2 amide bonds. The van der Waals surface area contributed by atoms with Gasteiger partial charge in [-0.25, -0.2) is 0 Å². The molecule has 0 radical (unpaired) electrons. The minimum Gasteiger partial charge on any atom is -0.354 e. The Kier molecular flexibility index (Phi) is 3.75. The maximum atomic E-state index is 12.9. The van der Waals surface area contributed by atoms with Crippen LogP contribution in [0, 0.1) is 5.92 Å². The second-order valence-corrected chi connectivity index (χ2v) is 6.87. The standard InChI is InChI=1S/C20H22N2O2/c1-13-19(23)21-10-5-11-22(13)20(24)18-12-17(18)16-9-4-7-14-6-2-3-8-15(14)16/h2-4,6-9,13,17-18H,5,10-12H2,1H3,(H,21,23)/t13-,17-,18+/m0/s1. The molecule has 3 atom stereocenters. The molecule has 2 aromatic carbocycles. The summed E-state index contributed by atoms with van der Waals surface area (Å²) in [5.41, 5.74) is 1.26. The van der Waals surface area contributed by atoms with Crippen LogP contribution in [0.3, 0.4) is 0 Å². The Morgan fingerprint density at radius 2 is 1.96 bits per heavy atom. The molecule has 0 unspecified atom stereocenters. The van der Waals surface area contributed by atoms with Gasteiger partial charge in [0.1, 0.15) is 6.04 Å². The molecule has 1 N–H and O–H groups in total. The van der Waals surface area contributed by atoms with Crippen molar-refractivity contribution in [1.29, 1.82) is 0 Å². The Morgan fingerprint density at radius 1 is 1.17 bits per heavy atom. The molecule has 0 aromatic heterocycles. The molecule has 1 aliphatic carbocycles. The molecule has 2 aliphatic rings. The van der Waals surface area contributed by atoms with Gasteiger partial charge < -0.3 is 10.2 Å². The molecular formula is C20H22N2O2. The summed E-state index contributed by atoms with van der Waals surface area (Å²) in [5.74, 6) is 0.395. The van der Waals surface area contributed by atoms with E-state index >= 15 is 0 Å². The molecule has 4 rings (SSSR count). The van der Waals surface area contributed by atoms with E-state index in [0.29, 0.717) is 13.1 Å². The number of rotatable bonds is 2. The molecule has 124 valence electrons. The van der Waals surface area contributed by atoms with Crippen LogP contribution in [0.15, 0.2) is 42.5 Å². The van der Waals surface area contributed by atoms with Gasteiger partial charge in [0.25, 0.3) is 0 Å². The fourth-order valence-electron chi connectivity index (χ4n) is 3.84. The second-order valence-electron chi connectivity index (χ2n) is 6.87. The van der Waals surface area contributed by atoms with E-state index in [2.05, 4.69) is 35.6 Å². The highest BCUT2D eigenvalue weighted by atomic mass is 16.2. The Balaban J connectivity index is 1.57. The Morgan fingerprint density at radius 3 is 2.83 bits per heavy atom. The number of carbonyl (C=O) groups is 2. The van der Waals surface area contributed by atoms with E-state index in [1.54, 1.807) is 4.90 Å². The number of carbonyl (C=O) groups excluding carboxylic acids is 2. The minimum absolute atomic E-state index is 0.0177. The van der Waals surface area contributed by atoms with E-state index in [0.717, 1.165) is 12.8 Å². The van der Waals surface area contributed by atoms with Gasteiger partial charge in [0, 0.05) is 19.0 Å². The van der Waals surface area contributed by atoms with Crippen molar-refractivity contribution in [1.82, 2.24) is 10.2 Å². The lowest BCUT2D eigenvalue weighted by molar-refractivity contribution is -0.139. The van der Waals surface area contributed by atoms with E-state index < -0.39 is 0 Å². The zero-order valence-corrected chi connectivity index (χ0v) is 13.9. The molecule has 1 saturated heterocycles. The first kappa shape index (κ1) is 15.2. The second kappa shape index (κ2) is 5.93. The first-order chi connectivity index (χ1) is 11.7. The SMILES string of the molecule is C[C@H]1C(=O)NCCCN1C(=O)[C@@H]1C[C@H]1c1cccc2ccccc12. The molecule has 4 heteroatoms. The zero-order valence-electron chi connectivity index (χ0n) is 13.9. The van der Waals surface area contributed by atoms with E-state index in [1.165, 1.54) is 16.3 Å². The third-order valence-electron chi connectivity index (χ3n) is 5.34. The van der Waals surface area contributed by atoms with Crippen LogP contribution in [-0.4, -0.2) is 35.8 Å². The minimum atomic E-state index is -0.367. The van der Waals surface area contributed by atoms with Crippen LogP contribution in [0.5, 0.6) is 0 Å². The van der Waals surface area contributed by atoms with E-state index in [9.17, 15) is 9.59 Å². The maximum absolute atomic E-state index is 12.9. The van der Waals surface area contributed by atoms with Crippen LogP contribution in [0.25, 0.3) is 10.8 Å². The van der Waals surface area contributed by atoms with Gasteiger partial charge in [-0.2, -0.15) is 0 Å². The fourth-order valence-corrected chi connectivity index (χ4v) is 3.84. The fraction of sp³-hybridized carbons (Fsp3) is 0.400. The number of fused-ring (bicyclic) bond motifs is 1. The molecule has 1 aliphatic heterocycles. The predicted molar refractivity (Wildman–Crippen MR) is 93.6 cm³/mol. The van der Waals surface area contributed by atoms with Crippen molar-refractivity contribution in [2.24, 2.45) is 5.92 Å². The van der Waals surface area contributed by atoms with Crippen LogP contribution in [0.2, 0.25) is 0 Å². The van der Waals surface area contributed by atoms with Crippen LogP contribution in [0.4, 0.5) is 0 Å². The molecule has 1 heterocycles.